The first-order valence-corrected chi connectivity index (χ1v) is 10.2. The smallest absolute Gasteiger partial charge is 0.253 e. The highest BCUT2D eigenvalue weighted by molar-refractivity contribution is 7.89. The molecule has 2 heterocycles. The van der Waals surface area contributed by atoms with Crippen LogP contribution in [0, 0.1) is 5.41 Å². The quantitative estimate of drug-likeness (QED) is 0.854. The number of hydrogen-bond donors (Lipinski definition) is 1. The number of amides is 1. The molecule has 2 N–H and O–H groups in total. The molecular formula is C19H21N3O4S. The third kappa shape index (κ3) is 3.26. The number of sulfonamides is 1. The molecule has 0 aromatic heterocycles. The van der Waals surface area contributed by atoms with Crippen molar-refractivity contribution in [2.75, 3.05) is 38.2 Å². The van der Waals surface area contributed by atoms with Gasteiger partial charge in [0.25, 0.3) is 5.91 Å². The van der Waals surface area contributed by atoms with Crippen molar-refractivity contribution in [3.8, 4) is 5.75 Å². The highest BCUT2D eigenvalue weighted by atomic mass is 32.2. The SMILES string of the molecule is COc1ccc(N2CC3(CN(C(=O)c4ccc(S(N)(=O)=O)cc4)C3)C2)cc1. The van der Waals surface area contributed by atoms with Crippen LogP contribution in [-0.2, 0) is 10.0 Å². The second kappa shape index (κ2) is 6.24. The van der Waals surface area contributed by atoms with Crippen molar-refractivity contribution in [2.24, 2.45) is 10.6 Å². The number of nitrogens with zero attached hydrogens (tertiary/aromatic N) is 2. The van der Waals surface area contributed by atoms with E-state index < -0.39 is 10.0 Å². The Morgan fingerprint density at radius 1 is 1.00 bits per heavy atom. The van der Waals surface area contributed by atoms with Crippen LogP contribution >= 0.6 is 0 Å². The van der Waals surface area contributed by atoms with Gasteiger partial charge >= 0.3 is 0 Å². The van der Waals surface area contributed by atoms with Crippen molar-refractivity contribution >= 4 is 21.6 Å². The minimum absolute atomic E-state index is 0.00764. The number of benzene rings is 2. The molecule has 0 aliphatic carbocycles. The standard InChI is InChI=1S/C19H21N3O4S/c1-26-16-6-4-15(5-7-16)21-10-19(11-21)12-22(13-19)18(23)14-2-8-17(9-3-14)27(20,24)25/h2-9H,10-13H2,1H3,(H2,20,24,25). The number of primary sulfonamides is 1. The molecule has 2 saturated heterocycles. The van der Waals surface area contributed by atoms with Crippen molar-refractivity contribution < 1.29 is 17.9 Å². The lowest BCUT2D eigenvalue weighted by atomic mass is 9.72. The average molecular weight is 387 g/mol. The maximum atomic E-state index is 12.6. The van der Waals surface area contributed by atoms with Crippen molar-refractivity contribution in [1.29, 1.82) is 0 Å². The normalized spacial score (nSPS) is 18.0. The number of anilines is 1. The Morgan fingerprint density at radius 2 is 1.59 bits per heavy atom. The zero-order chi connectivity index (χ0) is 19.2. The lowest BCUT2D eigenvalue weighted by molar-refractivity contribution is -0.0105. The van der Waals surface area contributed by atoms with E-state index in [1.54, 1.807) is 12.0 Å². The molecule has 7 nitrogen and oxygen atoms in total. The van der Waals surface area contributed by atoms with Gasteiger partial charge < -0.3 is 14.5 Å². The number of nitrogens with two attached hydrogens (primary N) is 1. The molecule has 0 saturated carbocycles. The number of rotatable bonds is 4. The summed E-state index contributed by atoms with van der Waals surface area (Å²) in [5, 5.41) is 5.08. The molecule has 4 rings (SSSR count). The predicted molar refractivity (Wildman–Crippen MR) is 101 cm³/mol. The zero-order valence-electron chi connectivity index (χ0n) is 15.0. The Kier molecular flexibility index (Phi) is 4.12. The zero-order valence-corrected chi connectivity index (χ0v) is 15.8. The molecule has 142 valence electrons. The summed E-state index contributed by atoms with van der Waals surface area (Å²) in [6, 6.07) is 13.7. The van der Waals surface area contributed by atoms with E-state index in [0.717, 1.165) is 37.6 Å². The van der Waals surface area contributed by atoms with Crippen LogP contribution in [-0.4, -0.2) is 52.5 Å². The third-order valence-electron chi connectivity index (χ3n) is 5.26. The van der Waals surface area contributed by atoms with E-state index >= 15 is 0 Å². The van der Waals surface area contributed by atoms with E-state index in [2.05, 4.69) is 4.90 Å². The van der Waals surface area contributed by atoms with Crippen LogP contribution in [0.3, 0.4) is 0 Å². The van der Waals surface area contributed by atoms with Crippen LogP contribution in [0.4, 0.5) is 5.69 Å². The van der Waals surface area contributed by atoms with Crippen molar-refractivity contribution in [2.45, 2.75) is 4.90 Å². The Morgan fingerprint density at radius 3 is 2.11 bits per heavy atom. The summed E-state index contributed by atoms with van der Waals surface area (Å²) >= 11 is 0. The van der Waals surface area contributed by atoms with Gasteiger partial charge in [0.15, 0.2) is 0 Å². The Hall–Kier alpha value is -2.58. The Labute approximate surface area is 158 Å². The van der Waals surface area contributed by atoms with Gasteiger partial charge in [-0.1, -0.05) is 0 Å². The number of likely N-dealkylation sites (tertiary alicyclic amines) is 1. The summed E-state index contributed by atoms with van der Waals surface area (Å²) in [4.78, 5) is 16.7. The number of hydrogen-bond acceptors (Lipinski definition) is 5. The van der Waals surface area contributed by atoms with E-state index in [9.17, 15) is 13.2 Å². The fourth-order valence-corrected chi connectivity index (χ4v) is 4.33. The van der Waals surface area contributed by atoms with Gasteiger partial charge in [0, 0.05) is 42.8 Å². The summed E-state index contributed by atoms with van der Waals surface area (Å²) in [6.07, 6.45) is 0. The lowest BCUT2D eigenvalue weighted by Crippen LogP contribution is -2.73. The van der Waals surface area contributed by atoms with E-state index in [-0.39, 0.29) is 16.2 Å². The molecule has 0 bridgehead atoms. The molecule has 0 unspecified atom stereocenters. The van der Waals surface area contributed by atoms with Crippen LogP contribution in [0.2, 0.25) is 0 Å². The molecule has 2 aliphatic rings. The maximum absolute atomic E-state index is 12.6. The third-order valence-corrected chi connectivity index (χ3v) is 6.19. The maximum Gasteiger partial charge on any atom is 0.253 e. The van der Waals surface area contributed by atoms with Gasteiger partial charge in [-0.3, -0.25) is 4.79 Å². The minimum Gasteiger partial charge on any atom is -0.497 e. The molecule has 0 radical (unpaired) electrons. The summed E-state index contributed by atoms with van der Waals surface area (Å²) in [7, 11) is -2.10. The molecule has 2 aromatic carbocycles. The number of ether oxygens (including phenoxy) is 1. The fraction of sp³-hybridized carbons (Fsp3) is 0.316. The van der Waals surface area contributed by atoms with Gasteiger partial charge in [-0.15, -0.1) is 0 Å². The van der Waals surface area contributed by atoms with E-state index in [4.69, 9.17) is 9.88 Å². The van der Waals surface area contributed by atoms with Crippen LogP contribution < -0.4 is 14.8 Å². The highest BCUT2D eigenvalue weighted by Crippen LogP contribution is 2.42. The fourth-order valence-electron chi connectivity index (χ4n) is 3.82. The largest absolute Gasteiger partial charge is 0.497 e. The monoisotopic (exact) mass is 387 g/mol. The second-order valence-corrected chi connectivity index (χ2v) is 8.85. The predicted octanol–water partition coefficient (Wildman–Crippen LogP) is 1.30. The van der Waals surface area contributed by atoms with Gasteiger partial charge in [0.2, 0.25) is 10.0 Å². The van der Waals surface area contributed by atoms with Gasteiger partial charge in [-0.25, -0.2) is 13.6 Å². The first-order chi connectivity index (χ1) is 12.8. The van der Waals surface area contributed by atoms with Crippen molar-refractivity contribution in [3.05, 3.63) is 54.1 Å². The minimum atomic E-state index is -3.75. The van der Waals surface area contributed by atoms with Crippen LogP contribution in [0.25, 0.3) is 0 Å². The highest BCUT2D eigenvalue weighted by Gasteiger charge is 2.53. The van der Waals surface area contributed by atoms with Crippen molar-refractivity contribution in [1.82, 2.24) is 4.90 Å². The van der Waals surface area contributed by atoms with Gasteiger partial charge in [0.05, 0.1) is 12.0 Å². The van der Waals surface area contributed by atoms with Gasteiger partial charge in [-0.05, 0) is 48.5 Å². The number of methoxy groups -OCH3 is 1. The van der Waals surface area contributed by atoms with Crippen LogP contribution in [0.5, 0.6) is 5.75 Å². The van der Waals surface area contributed by atoms with E-state index in [1.807, 2.05) is 24.3 Å². The molecule has 0 atom stereocenters. The first kappa shape index (κ1) is 17.8. The first-order valence-electron chi connectivity index (χ1n) is 8.61. The topological polar surface area (TPSA) is 92.9 Å². The molecule has 2 aromatic rings. The van der Waals surface area contributed by atoms with E-state index in [0.29, 0.717) is 5.56 Å². The molecule has 1 spiro atoms. The molecular weight excluding hydrogens is 366 g/mol. The summed E-state index contributed by atoms with van der Waals surface area (Å²) < 4.78 is 27.8. The van der Waals surface area contributed by atoms with Crippen molar-refractivity contribution in [3.63, 3.8) is 0 Å². The average Bonchev–Trinajstić information content (AvgIpc) is 2.59. The van der Waals surface area contributed by atoms with E-state index in [1.165, 1.54) is 24.3 Å². The number of carbonyl (C=O) groups excluding carboxylic acids is 1. The summed E-state index contributed by atoms with van der Waals surface area (Å²) in [5.41, 5.74) is 1.80. The van der Waals surface area contributed by atoms with Gasteiger partial charge in [0.1, 0.15) is 5.75 Å². The second-order valence-electron chi connectivity index (χ2n) is 7.28. The Bertz CT molecular complexity index is 957. The van der Waals surface area contributed by atoms with Crippen LogP contribution in [0.15, 0.2) is 53.4 Å². The summed E-state index contributed by atoms with van der Waals surface area (Å²) in [5.74, 6) is 0.757. The molecule has 8 heteroatoms. The molecule has 2 fully saturated rings. The molecule has 2 aliphatic heterocycles. The molecule has 1 amide bonds. The summed E-state index contributed by atoms with van der Waals surface area (Å²) in [6.45, 7) is 3.28. The van der Waals surface area contributed by atoms with Gasteiger partial charge in [-0.2, -0.15) is 0 Å². The number of carbonyl (C=O) groups is 1. The van der Waals surface area contributed by atoms with Crippen LogP contribution in [0.1, 0.15) is 10.4 Å². The Balaban J connectivity index is 1.34. The lowest BCUT2D eigenvalue weighted by Gasteiger charge is -2.61. The molecule has 27 heavy (non-hydrogen) atoms.